The molecule has 0 radical (unpaired) electrons. The van der Waals surface area contributed by atoms with Crippen molar-refractivity contribution in [3.05, 3.63) is 0 Å². The summed E-state index contributed by atoms with van der Waals surface area (Å²) in [6.07, 6.45) is 5.94. The average Bonchev–Trinajstić information content (AvgIpc) is 2.84. The molecule has 1 aromatic rings. The van der Waals surface area contributed by atoms with Crippen LogP contribution in [0.25, 0.3) is 0 Å². The minimum absolute atomic E-state index is 0.139. The van der Waals surface area contributed by atoms with Crippen LogP contribution in [0.3, 0.4) is 0 Å². The monoisotopic (exact) mass is 564 g/mol. The Bertz CT molecular complexity index is 680. The number of rotatable bonds is 21. The van der Waals surface area contributed by atoms with Gasteiger partial charge in [0.1, 0.15) is 0 Å². The molecule has 3 N–H and O–H groups in total. The van der Waals surface area contributed by atoms with Gasteiger partial charge in [0.25, 0.3) is 0 Å². The number of unbranched alkanes of at least 4 members (excludes halogenated alkanes) is 3. The minimum atomic E-state index is -0.139. The second-order valence-corrected chi connectivity index (χ2v) is 10.5. The van der Waals surface area contributed by atoms with Crippen molar-refractivity contribution < 1.29 is 28.9 Å². The van der Waals surface area contributed by atoms with Crippen molar-refractivity contribution in [1.82, 2.24) is 31.4 Å². The van der Waals surface area contributed by atoms with Gasteiger partial charge < -0.3 is 0 Å². The Morgan fingerprint density at radius 1 is 0.556 bits per heavy atom. The van der Waals surface area contributed by atoms with E-state index < -0.39 is 0 Å². The zero-order valence-corrected chi connectivity index (χ0v) is 23.5. The summed E-state index contributed by atoms with van der Waals surface area (Å²) >= 11 is 4.60. The van der Waals surface area contributed by atoms with Crippen LogP contribution < -0.4 is 16.4 Å². The Hall–Kier alpha value is -1.65. The van der Waals surface area contributed by atoms with Crippen LogP contribution in [0.2, 0.25) is 0 Å². The summed E-state index contributed by atoms with van der Waals surface area (Å²) in [6, 6.07) is 0. The van der Waals surface area contributed by atoms with Gasteiger partial charge in [0, 0.05) is 36.5 Å². The smallest absolute Gasteiger partial charge is 0.243 e. The molecule has 0 saturated heterocycles. The molecule has 0 aliphatic heterocycles. The van der Waals surface area contributed by atoms with E-state index >= 15 is 0 Å². The number of aromatic nitrogens is 3. The van der Waals surface area contributed by atoms with Gasteiger partial charge in [-0.05, 0) is 38.5 Å². The van der Waals surface area contributed by atoms with E-state index in [2.05, 4.69) is 45.9 Å². The highest BCUT2D eigenvalue weighted by Gasteiger charge is 2.10. The molecule has 0 aromatic carbocycles. The lowest BCUT2D eigenvalue weighted by molar-refractivity contribution is -0.132. The number of carbonyl (C=O) groups is 3. The number of nitrogens with one attached hydrogen (secondary N) is 3. The van der Waals surface area contributed by atoms with Crippen LogP contribution in [0.15, 0.2) is 15.5 Å². The highest BCUT2D eigenvalue weighted by Crippen LogP contribution is 2.25. The Kier molecular flexibility index (Phi) is 19.3. The van der Waals surface area contributed by atoms with Crippen LogP contribution in [0.4, 0.5) is 0 Å². The zero-order chi connectivity index (χ0) is 26.4. The maximum absolute atomic E-state index is 11.5. The third-order valence-corrected chi connectivity index (χ3v) is 7.11. The van der Waals surface area contributed by atoms with E-state index in [4.69, 9.17) is 0 Å². The summed E-state index contributed by atoms with van der Waals surface area (Å²) in [5.41, 5.74) is 6.93. The van der Waals surface area contributed by atoms with Crippen molar-refractivity contribution in [2.45, 2.75) is 73.3 Å². The molecule has 1 heterocycles. The lowest BCUT2D eigenvalue weighted by Gasteiger charge is -2.07. The molecule has 204 valence electrons. The quantitative estimate of drug-likeness (QED) is 0.114. The van der Waals surface area contributed by atoms with Crippen LogP contribution >= 0.6 is 35.3 Å². The summed E-state index contributed by atoms with van der Waals surface area (Å²) in [5.74, 6) is 1.92. The van der Waals surface area contributed by atoms with Gasteiger partial charge in [0.05, 0.1) is 21.3 Å². The van der Waals surface area contributed by atoms with E-state index in [0.717, 1.165) is 55.8 Å². The number of hydroxylamine groups is 3. The van der Waals surface area contributed by atoms with Gasteiger partial charge in [-0.2, -0.15) is 15.0 Å². The van der Waals surface area contributed by atoms with Crippen molar-refractivity contribution in [1.29, 1.82) is 0 Å². The fourth-order valence-corrected chi connectivity index (χ4v) is 5.33. The Morgan fingerprint density at radius 2 is 0.833 bits per heavy atom. The maximum atomic E-state index is 11.5. The van der Waals surface area contributed by atoms with Crippen molar-refractivity contribution in [2.24, 2.45) is 0 Å². The van der Waals surface area contributed by atoms with E-state index in [9.17, 15) is 14.4 Å². The minimum Gasteiger partial charge on any atom is -0.277 e. The zero-order valence-electron chi connectivity index (χ0n) is 21.0. The Balaban J connectivity index is 2.54. The van der Waals surface area contributed by atoms with Crippen molar-refractivity contribution in [2.75, 3.05) is 38.6 Å². The van der Waals surface area contributed by atoms with E-state index in [1.165, 1.54) is 56.6 Å². The predicted molar refractivity (Wildman–Crippen MR) is 139 cm³/mol. The van der Waals surface area contributed by atoms with Crippen molar-refractivity contribution in [3.8, 4) is 0 Å². The molecule has 0 fully saturated rings. The molecular formula is C21H36N6O6S3. The Labute approximate surface area is 224 Å². The lowest BCUT2D eigenvalue weighted by Crippen LogP contribution is -2.21. The second kappa shape index (κ2) is 21.4. The highest BCUT2D eigenvalue weighted by molar-refractivity contribution is 8.00. The first-order valence-electron chi connectivity index (χ1n) is 11.6. The van der Waals surface area contributed by atoms with Crippen LogP contribution in [0.1, 0.15) is 57.8 Å². The molecule has 12 nitrogen and oxygen atoms in total. The molecule has 0 bridgehead atoms. The normalized spacial score (nSPS) is 10.8. The summed E-state index contributed by atoms with van der Waals surface area (Å²) < 4.78 is 0. The molecule has 0 atom stereocenters. The van der Waals surface area contributed by atoms with Gasteiger partial charge in [-0.15, -0.1) is 0 Å². The molecule has 0 spiro atoms. The van der Waals surface area contributed by atoms with Gasteiger partial charge >= 0.3 is 0 Å². The molecule has 3 amide bonds. The predicted octanol–water partition coefficient (Wildman–Crippen LogP) is 2.69. The number of thioether (sulfide) groups is 3. The fraction of sp³-hybridized carbons (Fsp3) is 0.714. The fourth-order valence-electron chi connectivity index (χ4n) is 2.66. The van der Waals surface area contributed by atoms with Crippen LogP contribution in [0, 0.1) is 0 Å². The van der Waals surface area contributed by atoms with E-state index in [1.54, 1.807) is 0 Å². The summed E-state index contributed by atoms with van der Waals surface area (Å²) in [5, 5.41) is 1.95. The van der Waals surface area contributed by atoms with Crippen molar-refractivity contribution in [3.63, 3.8) is 0 Å². The first-order valence-corrected chi connectivity index (χ1v) is 14.5. The third kappa shape index (κ3) is 16.9. The van der Waals surface area contributed by atoms with Crippen molar-refractivity contribution >= 4 is 53.0 Å². The number of hydrogen-bond acceptors (Lipinski definition) is 12. The summed E-state index contributed by atoms with van der Waals surface area (Å²) in [6.45, 7) is 0. The van der Waals surface area contributed by atoms with Crippen LogP contribution in [-0.2, 0) is 28.9 Å². The number of amides is 3. The van der Waals surface area contributed by atoms with Gasteiger partial charge in [0.15, 0.2) is 15.5 Å². The first-order chi connectivity index (χ1) is 17.5. The second-order valence-electron chi connectivity index (χ2n) is 7.29. The molecule has 0 unspecified atom stereocenters. The Morgan fingerprint density at radius 3 is 1.08 bits per heavy atom. The molecule has 0 aliphatic rings. The molecule has 1 rings (SSSR count). The van der Waals surface area contributed by atoms with Crippen LogP contribution in [-0.4, -0.2) is 71.3 Å². The SMILES string of the molecule is CONC(=O)CCCCSc1nc(SCCCCC(=O)NOC)nc(SCCCCC(=O)NOC)n1. The number of hydrogen-bond donors (Lipinski definition) is 3. The topological polar surface area (TPSA) is 154 Å². The van der Waals surface area contributed by atoms with E-state index in [-0.39, 0.29) is 17.7 Å². The molecule has 15 heteroatoms. The summed E-state index contributed by atoms with van der Waals surface area (Å²) in [7, 11) is 4.24. The standard InChI is InChI=1S/C21H36N6O6S3/c1-31-25-16(28)10-4-7-13-34-19-22-20(35-14-8-5-11-17(29)26-32-2)24-21(23-19)36-15-9-6-12-18(30)27-33-3/h4-15H2,1-3H3,(H,25,28)(H,26,29)(H,27,30). The van der Waals surface area contributed by atoms with Gasteiger partial charge in [0.2, 0.25) is 17.7 Å². The summed E-state index contributed by atoms with van der Waals surface area (Å²) in [4.78, 5) is 61.9. The number of carbonyl (C=O) groups excluding carboxylic acids is 3. The molecule has 0 aliphatic carbocycles. The molecule has 0 saturated carbocycles. The van der Waals surface area contributed by atoms with Crippen LogP contribution in [0.5, 0.6) is 0 Å². The van der Waals surface area contributed by atoms with Gasteiger partial charge in [-0.25, -0.2) is 16.4 Å². The molecular weight excluding hydrogens is 528 g/mol. The highest BCUT2D eigenvalue weighted by atomic mass is 32.2. The lowest BCUT2D eigenvalue weighted by atomic mass is 10.2. The average molecular weight is 565 g/mol. The maximum Gasteiger partial charge on any atom is 0.243 e. The van der Waals surface area contributed by atoms with E-state index in [0.29, 0.717) is 34.7 Å². The largest absolute Gasteiger partial charge is 0.277 e. The van der Waals surface area contributed by atoms with E-state index in [1.807, 2.05) is 0 Å². The van der Waals surface area contributed by atoms with Gasteiger partial charge in [-0.1, -0.05) is 35.3 Å². The first kappa shape index (κ1) is 32.4. The number of nitrogens with zero attached hydrogens (tertiary/aromatic N) is 3. The molecule has 1 aromatic heterocycles. The molecule has 36 heavy (non-hydrogen) atoms. The van der Waals surface area contributed by atoms with Gasteiger partial charge in [-0.3, -0.25) is 28.9 Å². The third-order valence-electron chi connectivity index (χ3n) is 4.31.